The molecule has 0 spiro atoms. The molecular formula is C7H11Cl2N3S. The van der Waals surface area contributed by atoms with E-state index in [-0.39, 0.29) is 24.8 Å². The van der Waals surface area contributed by atoms with Crippen LogP contribution in [0.2, 0.25) is 0 Å². The first-order chi connectivity index (χ1) is 5.22. The van der Waals surface area contributed by atoms with Crippen LogP contribution in [0.4, 0.5) is 5.69 Å². The number of hydrogen-bond donors (Lipinski definition) is 1. The van der Waals surface area contributed by atoms with Crippen LogP contribution < -0.4 is 10.6 Å². The van der Waals surface area contributed by atoms with E-state index in [0.29, 0.717) is 5.11 Å². The van der Waals surface area contributed by atoms with E-state index < -0.39 is 0 Å². The van der Waals surface area contributed by atoms with Crippen molar-refractivity contribution in [3.63, 3.8) is 0 Å². The number of aromatic nitrogens is 1. The van der Waals surface area contributed by atoms with Gasteiger partial charge < -0.3 is 10.6 Å². The van der Waals surface area contributed by atoms with Crippen molar-refractivity contribution in [3.05, 3.63) is 24.5 Å². The highest BCUT2D eigenvalue weighted by atomic mass is 35.5. The van der Waals surface area contributed by atoms with E-state index in [2.05, 4.69) is 4.98 Å². The van der Waals surface area contributed by atoms with E-state index in [9.17, 15) is 0 Å². The fourth-order valence-corrected chi connectivity index (χ4v) is 0.800. The van der Waals surface area contributed by atoms with Gasteiger partial charge in [0.05, 0.1) is 0 Å². The van der Waals surface area contributed by atoms with E-state index in [1.54, 1.807) is 17.3 Å². The van der Waals surface area contributed by atoms with Crippen molar-refractivity contribution in [2.45, 2.75) is 0 Å². The summed E-state index contributed by atoms with van der Waals surface area (Å²) in [5.41, 5.74) is 6.36. The monoisotopic (exact) mass is 239 g/mol. The number of hydrogen-bond acceptors (Lipinski definition) is 2. The molecule has 0 aromatic carbocycles. The maximum absolute atomic E-state index is 5.40. The number of nitrogens with two attached hydrogens (primary N) is 1. The molecule has 1 aromatic rings. The van der Waals surface area contributed by atoms with Crippen molar-refractivity contribution in [2.75, 3.05) is 11.9 Å². The lowest BCUT2D eigenvalue weighted by molar-refractivity contribution is 1.23. The Morgan fingerprint density at radius 1 is 1.38 bits per heavy atom. The zero-order chi connectivity index (χ0) is 8.27. The first-order valence-electron chi connectivity index (χ1n) is 3.15. The van der Waals surface area contributed by atoms with Crippen molar-refractivity contribution >= 4 is 47.8 Å². The molecule has 0 bridgehead atoms. The summed E-state index contributed by atoms with van der Waals surface area (Å²) in [7, 11) is 1.82. The average Bonchev–Trinajstić information content (AvgIpc) is 2.05. The molecule has 2 N–H and O–H groups in total. The Kier molecular flexibility index (Phi) is 7.90. The SMILES string of the molecule is CN(C(N)=S)c1ccncc1.Cl.Cl. The summed E-state index contributed by atoms with van der Waals surface area (Å²) in [4.78, 5) is 5.60. The third kappa shape index (κ3) is 4.26. The summed E-state index contributed by atoms with van der Waals surface area (Å²) in [6.07, 6.45) is 3.40. The highest BCUT2D eigenvalue weighted by Crippen LogP contribution is 2.08. The minimum Gasteiger partial charge on any atom is -0.376 e. The van der Waals surface area contributed by atoms with Crippen LogP contribution in [0, 0.1) is 0 Å². The Labute approximate surface area is 95.1 Å². The van der Waals surface area contributed by atoms with Crippen molar-refractivity contribution in [1.29, 1.82) is 0 Å². The number of pyridine rings is 1. The van der Waals surface area contributed by atoms with Gasteiger partial charge in [-0.15, -0.1) is 24.8 Å². The summed E-state index contributed by atoms with van der Waals surface area (Å²) in [5, 5.41) is 0.358. The number of nitrogens with zero attached hydrogens (tertiary/aromatic N) is 2. The summed E-state index contributed by atoms with van der Waals surface area (Å²) < 4.78 is 0. The number of thiocarbonyl (C=S) groups is 1. The minimum atomic E-state index is 0. The molecule has 0 amide bonds. The van der Waals surface area contributed by atoms with Gasteiger partial charge in [-0.3, -0.25) is 4.98 Å². The van der Waals surface area contributed by atoms with Gasteiger partial charge in [-0.1, -0.05) is 0 Å². The molecule has 0 aliphatic carbocycles. The van der Waals surface area contributed by atoms with E-state index in [1.807, 2.05) is 19.2 Å². The van der Waals surface area contributed by atoms with Gasteiger partial charge in [0.1, 0.15) is 0 Å². The zero-order valence-electron chi connectivity index (χ0n) is 7.01. The normalized spacial score (nSPS) is 7.77. The molecule has 74 valence electrons. The smallest absolute Gasteiger partial charge is 0.170 e. The maximum atomic E-state index is 5.40. The van der Waals surface area contributed by atoms with Crippen molar-refractivity contribution in [1.82, 2.24) is 4.98 Å². The quantitative estimate of drug-likeness (QED) is 0.757. The minimum absolute atomic E-state index is 0. The molecule has 1 aromatic heterocycles. The molecule has 0 radical (unpaired) electrons. The molecule has 0 aliphatic rings. The summed E-state index contributed by atoms with van der Waals surface area (Å²) in [6.45, 7) is 0. The van der Waals surface area contributed by atoms with Gasteiger partial charge in [0.15, 0.2) is 5.11 Å². The lowest BCUT2D eigenvalue weighted by Gasteiger charge is -2.15. The molecule has 1 heterocycles. The first-order valence-corrected chi connectivity index (χ1v) is 3.56. The van der Waals surface area contributed by atoms with Gasteiger partial charge >= 0.3 is 0 Å². The molecule has 13 heavy (non-hydrogen) atoms. The van der Waals surface area contributed by atoms with Crippen LogP contribution in [-0.4, -0.2) is 17.1 Å². The molecule has 0 atom stereocenters. The van der Waals surface area contributed by atoms with Crippen LogP contribution in [0.15, 0.2) is 24.5 Å². The Bertz CT molecular complexity index is 255. The molecule has 1 rings (SSSR count). The number of halogens is 2. The number of anilines is 1. The second-order valence-corrected chi connectivity index (χ2v) is 2.52. The third-order valence-corrected chi connectivity index (χ3v) is 1.65. The van der Waals surface area contributed by atoms with E-state index in [4.69, 9.17) is 18.0 Å². The molecular weight excluding hydrogens is 229 g/mol. The zero-order valence-corrected chi connectivity index (χ0v) is 9.46. The van der Waals surface area contributed by atoms with Crippen molar-refractivity contribution in [2.24, 2.45) is 5.73 Å². The Balaban J connectivity index is 0. The molecule has 3 nitrogen and oxygen atoms in total. The average molecular weight is 240 g/mol. The maximum Gasteiger partial charge on any atom is 0.170 e. The van der Waals surface area contributed by atoms with Crippen LogP contribution in [0.1, 0.15) is 0 Å². The molecule has 0 fully saturated rings. The number of rotatable bonds is 1. The lowest BCUT2D eigenvalue weighted by Crippen LogP contribution is -2.31. The van der Waals surface area contributed by atoms with Crippen molar-refractivity contribution < 1.29 is 0 Å². The van der Waals surface area contributed by atoms with Crippen LogP contribution >= 0.6 is 37.0 Å². The Hall–Kier alpha value is -0.580. The molecule has 0 unspecified atom stereocenters. The topological polar surface area (TPSA) is 42.1 Å². The van der Waals surface area contributed by atoms with E-state index in [1.165, 1.54) is 0 Å². The van der Waals surface area contributed by atoms with Gasteiger partial charge in [0, 0.05) is 25.1 Å². The van der Waals surface area contributed by atoms with Gasteiger partial charge in [-0.25, -0.2) is 0 Å². The summed E-state index contributed by atoms with van der Waals surface area (Å²) >= 11 is 4.78. The van der Waals surface area contributed by atoms with E-state index in [0.717, 1.165) is 5.69 Å². The van der Waals surface area contributed by atoms with Crippen LogP contribution in [0.25, 0.3) is 0 Å². The summed E-state index contributed by atoms with van der Waals surface area (Å²) in [5.74, 6) is 0. The van der Waals surface area contributed by atoms with Crippen LogP contribution in [0.3, 0.4) is 0 Å². The van der Waals surface area contributed by atoms with E-state index >= 15 is 0 Å². The fraction of sp³-hybridized carbons (Fsp3) is 0.143. The molecule has 0 aliphatic heterocycles. The third-order valence-electron chi connectivity index (χ3n) is 1.38. The second kappa shape index (κ2) is 6.88. The highest BCUT2D eigenvalue weighted by molar-refractivity contribution is 7.80. The lowest BCUT2D eigenvalue weighted by atomic mass is 10.4. The second-order valence-electron chi connectivity index (χ2n) is 2.10. The van der Waals surface area contributed by atoms with Gasteiger partial charge in [0.25, 0.3) is 0 Å². The Morgan fingerprint density at radius 3 is 2.23 bits per heavy atom. The first kappa shape index (κ1) is 14.9. The van der Waals surface area contributed by atoms with Crippen molar-refractivity contribution in [3.8, 4) is 0 Å². The molecule has 6 heteroatoms. The van der Waals surface area contributed by atoms with Gasteiger partial charge in [-0.05, 0) is 24.4 Å². The summed E-state index contributed by atoms with van der Waals surface area (Å²) in [6, 6.07) is 3.69. The van der Waals surface area contributed by atoms with Gasteiger partial charge in [0.2, 0.25) is 0 Å². The highest BCUT2D eigenvalue weighted by Gasteiger charge is 2.00. The standard InChI is InChI=1S/C7H9N3S.2ClH/c1-10(7(8)11)6-2-4-9-5-3-6;;/h2-5H,1H3,(H2,8,11);2*1H. The largest absolute Gasteiger partial charge is 0.376 e. The van der Waals surface area contributed by atoms with Gasteiger partial charge in [-0.2, -0.15) is 0 Å². The predicted octanol–water partition coefficient (Wildman–Crippen LogP) is 1.60. The fourth-order valence-electron chi connectivity index (χ4n) is 0.695. The molecule has 0 saturated carbocycles. The predicted molar refractivity (Wildman–Crippen MR) is 63.9 cm³/mol. The Morgan fingerprint density at radius 2 is 1.85 bits per heavy atom. The van der Waals surface area contributed by atoms with Crippen LogP contribution in [0.5, 0.6) is 0 Å². The molecule has 0 saturated heterocycles. The van der Waals surface area contributed by atoms with Crippen LogP contribution in [-0.2, 0) is 0 Å².